The lowest BCUT2D eigenvalue weighted by Gasteiger charge is -2.47. The van der Waals surface area contributed by atoms with Crippen molar-refractivity contribution in [3.8, 4) is 0 Å². The van der Waals surface area contributed by atoms with Gasteiger partial charge in [-0.25, -0.2) is 0 Å². The SMILES string of the molecule is Cc1cc(C)c2c(c1)C=[N+](c1ccccc1)C1(N2C)[N+](c2ccccc2)=Cc2cc(C)cc(C)c2[N+]1(C)C. The van der Waals surface area contributed by atoms with Crippen molar-refractivity contribution in [2.45, 2.75) is 33.6 Å². The minimum absolute atomic E-state index is 0.606. The smallest absolute Gasteiger partial charge is 0.199 e. The van der Waals surface area contributed by atoms with Crippen LogP contribution in [-0.2, 0) is 0 Å². The molecule has 1 unspecified atom stereocenters. The number of rotatable bonds is 2. The highest BCUT2D eigenvalue weighted by molar-refractivity contribution is 5.92. The molecular formula is C34H37N4+3. The van der Waals surface area contributed by atoms with Gasteiger partial charge in [0.15, 0.2) is 18.1 Å². The van der Waals surface area contributed by atoms with Gasteiger partial charge in [-0.2, -0.15) is 9.38 Å². The molecule has 0 bridgehead atoms. The molecule has 4 heteroatoms. The highest BCUT2D eigenvalue weighted by Crippen LogP contribution is 2.49. The number of quaternary nitrogens is 1. The molecule has 0 aliphatic carbocycles. The van der Waals surface area contributed by atoms with Gasteiger partial charge in [-0.3, -0.25) is 0 Å². The summed E-state index contributed by atoms with van der Waals surface area (Å²) in [5.74, 6) is -0.664. The van der Waals surface area contributed by atoms with Gasteiger partial charge in [0.25, 0.3) is 0 Å². The Labute approximate surface area is 226 Å². The van der Waals surface area contributed by atoms with E-state index in [2.05, 4.69) is 160 Å². The number of aryl methyl sites for hydroxylation is 4. The van der Waals surface area contributed by atoms with Gasteiger partial charge in [-0.1, -0.05) is 57.7 Å². The Bertz CT molecular complexity index is 1580. The molecule has 2 aliphatic rings. The maximum Gasteiger partial charge on any atom is 0.593 e. The molecule has 38 heavy (non-hydrogen) atoms. The van der Waals surface area contributed by atoms with Gasteiger partial charge in [0.2, 0.25) is 11.4 Å². The number of hydrogen-bond donors (Lipinski definition) is 0. The van der Waals surface area contributed by atoms with Crippen LogP contribution in [0, 0.1) is 27.7 Å². The molecule has 0 saturated carbocycles. The number of para-hydroxylation sites is 2. The molecule has 0 N–H and O–H groups in total. The van der Waals surface area contributed by atoms with E-state index in [1.54, 1.807) is 0 Å². The first-order valence-corrected chi connectivity index (χ1v) is 13.4. The maximum absolute atomic E-state index is 2.51. The van der Waals surface area contributed by atoms with E-state index in [0.29, 0.717) is 4.48 Å². The zero-order chi connectivity index (χ0) is 26.8. The van der Waals surface area contributed by atoms with Crippen molar-refractivity contribution in [1.29, 1.82) is 0 Å². The first-order chi connectivity index (χ1) is 18.2. The minimum atomic E-state index is -0.664. The molecule has 4 aromatic carbocycles. The van der Waals surface area contributed by atoms with Gasteiger partial charge in [-0.15, -0.1) is 0 Å². The van der Waals surface area contributed by atoms with Gasteiger partial charge in [0.1, 0.15) is 5.56 Å². The first-order valence-electron chi connectivity index (χ1n) is 13.4. The number of fused-ring (bicyclic) bond motifs is 2. The van der Waals surface area contributed by atoms with Crippen molar-refractivity contribution in [1.82, 2.24) is 4.48 Å². The molecule has 4 aromatic rings. The molecule has 0 aromatic heterocycles. The summed E-state index contributed by atoms with van der Waals surface area (Å²) in [4.78, 5) is 2.51. The predicted molar refractivity (Wildman–Crippen MR) is 160 cm³/mol. The Morgan fingerprint density at radius 1 is 0.632 bits per heavy atom. The van der Waals surface area contributed by atoms with E-state index >= 15 is 0 Å². The topological polar surface area (TPSA) is 9.26 Å². The second kappa shape index (κ2) is 8.50. The molecule has 2 aliphatic heterocycles. The number of anilines is 1. The van der Waals surface area contributed by atoms with E-state index in [4.69, 9.17) is 0 Å². The van der Waals surface area contributed by atoms with E-state index in [1.165, 1.54) is 44.8 Å². The molecule has 2 heterocycles. The molecule has 4 nitrogen and oxygen atoms in total. The molecule has 1 spiro atoms. The molecule has 0 radical (unpaired) electrons. The molecule has 6 rings (SSSR count). The summed E-state index contributed by atoms with van der Waals surface area (Å²) in [6.45, 7) is 8.87. The monoisotopic (exact) mass is 501 g/mol. The summed E-state index contributed by atoms with van der Waals surface area (Å²) in [7, 11) is 6.99. The van der Waals surface area contributed by atoms with Crippen molar-refractivity contribution < 1.29 is 9.15 Å². The highest BCUT2D eigenvalue weighted by Gasteiger charge is 2.75. The van der Waals surface area contributed by atoms with E-state index in [1.807, 2.05) is 0 Å². The van der Waals surface area contributed by atoms with E-state index in [0.717, 1.165) is 11.4 Å². The normalized spacial score (nSPS) is 19.5. The summed E-state index contributed by atoms with van der Waals surface area (Å²) >= 11 is 0. The largest absolute Gasteiger partial charge is 0.593 e. The van der Waals surface area contributed by atoms with Crippen molar-refractivity contribution in [2.75, 3.05) is 26.0 Å². The van der Waals surface area contributed by atoms with Crippen LogP contribution in [0.5, 0.6) is 0 Å². The van der Waals surface area contributed by atoms with E-state index in [-0.39, 0.29) is 0 Å². The van der Waals surface area contributed by atoms with Crippen molar-refractivity contribution in [3.63, 3.8) is 0 Å². The average Bonchev–Trinajstić information content (AvgIpc) is 2.87. The minimum Gasteiger partial charge on any atom is -0.199 e. The van der Waals surface area contributed by atoms with Gasteiger partial charge in [0.05, 0.1) is 25.3 Å². The van der Waals surface area contributed by atoms with Crippen molar-refractivity contribution in [3.05, 3.63) is 118 Å². The van der Waals surface area contributed by atoms with Crippen molar-refractivity contribution >= 4 is 35.2 Å². The zero-order valence-electron chi connectivity index (χ0n) is 23.5. The number of benzene rings is 4. The second-order valence-corrected chi connectivity index (χ2v) is 11.3. The average molecular weight is 502 g/mol. The van der Waals surface area contributed by atoms with E-state index in [9.17, 15) is 0 Å². The van der Waals surface area contributed by atoms with Gasteiger partial charge < -0.3 is 0 Å². The molecular weight excluding hydrogens is 464 g/mol. The van der Waals surface area contributed by atoms with Gasteiger partial charge in [0, 0.05) is 36.9 Å². The Kier molecular flexibility index (Phi) is 5.44. The Morgan fingerprint density at radius 3 is 1.66 bits per heavy atom. The van der Waals surface area contributed by atoms with Crippen LogP contribution in [0.25, 0.3) is 0 Å². The fourth-order valence-corrected chi connectivity index (χ4v) is 7.18. The number of nitrogens with zero attached hydrogens (tertiary/aromatic N) is 4. The van der Waals surface area contributed by atoms with Crippen LogP contribution in [0.2, 0.25) is 0 Å². The summed E-state index contributed by atoms with van der Waals surface area (Å²) in [6.07, 6.45) is 4.73. The summed E-state index contributed by atoms with van der Waals surface area (Å²) in [5.41, 5.74) is 12.5. The lowest BCUT2D eigenvalue weighted by atomic mass is 9.96. The fraction of sp³-hybridized carbons (Fsp3) is 0.235. The van der Waals surface area contributed by atoms with Gasteiger partial charge in [-0.05, 0) is 56.5 Å². The molecule has 0 fully saturated rings. The zero-order valence-corrected chi connectivity index (χ0v) is 23.5. The summed E-state index contributed by atoms with van der Waals surface area (Å²) < 4.78 is 5.58. The Morgan fingerprint density at radius 2 is 1.11 bits per heavy atom. The van der Waals surface area contributed by atoms with Crippen LogP contribution >= 0.6 is 0 Å². The molecule has 1 atom stereocenters. The third kappa shape index (κ3) is 3.26. The lowest BCUT2D eigenvalue weighted by Crippen LogP contribution is -2.80. The van der Waals surface area contributed by atoms with Crippen LogP contribution in [0.3, 0.4) is 0 Å². The van der Waals surface area contributed by atoms with Crippen LogP contribution in [0.1, 0.15) is 33.4 Å². The van der Waals surface area contributed by atoms with Crippen LogP contribution < -0.4 is 9.38 Å². The van der Waals surface area contributed by atoms with Crippen LogP contribution in [0.15, 0.2) is 84.9 Å². The Hall–Kier alpha value is -4.02. The standard InChI is InChI=1S/C34H37N4/c1-24-18-26(3)32-28(20-24)22-36(30-14-10-8-11-15-30)34(35(32)5)37(31-16-12-9-13-17-31)23-29-21-25(2)19-27(4)33(29)38(34,6)7/h8-23H,1-7H3/q+3. The molecule has 0 amide bonds. The fourth-order valence-electron chi connectivity index (χ4n) is 7.18. The predicted octanol–water partition coefficient (Wildman–Crippen LogP) is 6.79. The first kappa shape index (κ1) is 24.3. The molecule has 0 saturated heterocycles. The van der Waals surface area contributed by atoms with Crippen LogP contribution in [0.4, 0.5) is 22.7 Å². The second-order valence-electron chi connectivity index (χ2n) is 11.3. The van der Waals surface area contributed by atoms with Crippen LogP contribution in [-0.4, -0.2) is 48.6 Å². The number of hydrogen-bond acceptors (Lipinski definition) is 1. The highest BCUT2D eigenvalue weighted by atomic mass is 15.7. The third-order valence-corrected chi connectivity index (χ3v) is 8.29. The van der Waals surface area contributed by atoms with Gasteiger partial charge >= 0.3 is 5.91 Å². The summed E-state index contributed by atoms with van der Waals surface area (Å²) in [6, 6.07) is 30.9. The summed E-state index contributed by atoms with van der Waals surface area (Å²) in [5, 5.41) is 0. The lowest BCUT2D eigenvalue weighted by molar-refractivity contribution is -0.786. The maximum atomic E-state index is 2.51. The van der Waals surface area contributed by atoms with Crippen molar-refractivity contribution in [2.24, 2.45) is 0 Å². The quantitative estimate of drug-likeness (QED) is 0.217. The Balaban J connectivity index is 1.82. The molecule has 190 valence electrons. The third-order valence-electron chi connectivity index (χ3n) is 8.29. The van der Waals surface area contributed by atoms with E-state index < -0.39 is 5.91 Å².